The van der Waals surface area contributed by atoms with Gasteiger partial charge < -0.3 is 0 Å². The van der Waals surface area contributed by atoms with Crippen molar-refractivity contribution in [3.8, 4) is 0 Å². The summed E-state index contributed by atoms with van der Waals surface area (Å²) in [5.74, 6) is -14.2. The summed E-state index contributed by atoms with van der Waals surface area (Å²) in [6.45, 7) is 6.69. The Kier molecular flexibility index (Phi) is 6.49. The third-order valence-electron chi connectivity index (χ3n) is 2.87. The quantitative estimate of drug-likeness (QED) is 0.198. The van der Waals surface area contributed by atoms with E-state index in [2.05, 4.69) is 67.6 Å². The lowest BCUT2D eigenvalue weighted by atomic mass is 9.87. The van der Waals surface area contributed by atoms with Gasteiger partial charge in [0.05, 0.1) is 0 Å². The Morgan fingerprint density at radius 3 is 1.09 bits per heavy atom. The van der Waals surface area contributed by atoms with Crippen LogP contribution >= 0.6 is 22.6 Å². The molecular weight excluding hydrogens is 433 g/mol. The molecule has 2 aromatic carbocycles. The molecule has 0 N–H and O–H groups in total. The molecule has 126 valence electrons. The summed E-state index contributed by atoms with van der Waals surface area (Å²) in [5.41, 5.74) is 1.68. The van der Waals surface area contributed by atoms with Crippen LogP contribution in [0, 0.1) is 38.5 Å². The van der Waals surface area contributed by atoms with E-state index in [0.717, 1.165) is 0 Å². The van der Waals surface area contributed by atoms with Crippen LogP contribution in [0.4, 0.5) is 26.3 Å². The highest BCUT2D eigenvalue weighted by molar-refractivity contribution is 14.1. The molecule has 2 aromatic rings. The first-order valence-electron chi connectivity index (χ1n) is 6.39. The number of halogens is 7. The molecule has 0 spiro atoms. The van der Waals surface area contributed by atoms with Crippen molar-refractivity contribution in [2.75, 3.05) is 0 Å². The number of hydrogen-bond donors (Lipinski definition) is 0. The van der Waals surface area contributed by atoms with Crippen LogP contribution in [0.2, 0.25) is 0 Å². The molecule has 0 atom stereocenters. The molecule has 0 amide bonds. The zero-order valence-electron chi connectivity index (χ0n) is 12.5. The van der Waals surface area contributed by atoms with Gasteiger partial charge in [0.15, 0.2) is 0 Å². The summed E-state index contributed by atoms with van der Waals surface area (Å²) in [4.78, 5) is 0. The van der Waals surface area contributed by atoms with E-state index in [1.54, 1.807) is 0 Å². The highest BCUT2D eigenvalue weighted by atomic mass is 127. The Morgan fingerprint density at radius 1 is 0.609 bits per heavy atom. The fourth-order valence-corrected chi connectivity index (χ4v) is 1.89. The van der Waals surface area contributed by atoms with Crippen molar-refractivity contribution >= 4 is 22.6 Å². The van der Waals surface area contributed by atoms with E-state index in [4.69, 9.17) is 0 Å². The van der Waals surface area contributed by atoms with E-state index >= 15 is 0 Å². The maximum atomic E-state index is 12.0. The molecule has 0 unspecified atom stereocenters. The van der Waals surface area contributed by atoms with Gasteiger partial charge in [-0.3, -0.25) is 0 Å². The number of rotatable bonds is 0. The first kappa shape index (κ1) is 19.8. The van der Waals surface area contributed by atoms with Gasteiger partial charge in [0, 0.05) is 3.57 Å². The summed E-state index contributed by atoms with van der Waals surface area (Å²) in [5, 5.41) is 0. The summed E-state index contributed by atoms with van der Waals surface area (Å²) < 4.78 is 73.5. The highest BCUT2D eigenvalue weighted by Crippen LogP contribution is 2.22. The second kappa shape index (κ2) is 7.55. The van der Waals surface area contributed by atoms with E-state index in [-0.39, 0.29) is 5.41 Å². The van der Waals surface area contributed by atoms with Crippen molar-refractivity contribution in [2.45, 2.75) is 26.2 Å². The SMILES string of the molecule is CC(C)(C)c1ccc(I)cc1.Fc1c(F)c(F)c(F)c(F)c1F. The van der Waals surface area contributed by atoms with E-state index in [1.807, 2.05) is 0 Å². The van der Waals surface area contributed by atoms with Gasteiger partial charge in [0.2, 0.25) is 34.9 Å². The first-order chi connectivity index (χ1) is 10.5. The van der Waals surface area contributed by atoms with E-state index in [1.165, 1.54) is 9.13 Å². The Bertz CT molecular complexity index is 584. The zero-order chi connectivity index (χ0) is 17.9. The van der Waals surface area contributed by atoms with Crippen molar-refractivity contribution in [3.63, 3.8) is 0 Å². The molecule has 0 aliphatic carbocycles. The van der Waals surface area contributed by atoms with Gasteiger partial charge >= 0.3 is 0 Å². The van der Waals surface area contributed by atoms with Gasteiger partial charge in [0.25, 0.3) is 0 Å². The van der Waals surface area contributed by atoms with Crippen LogP contribution < -0.4 is 0 Å². The lowest BCUT2D eigenvalue weighted by Gasteiger charge is -2.18. The molecule has 2 rings (SSSR count). The standard InChI is InChI=1S/C10H13I.C6F6/c1-10(2,3)8-4-6-9(11)7-5-8;7-1-2(8)4(10)6(12)5(11)3(1)9/h4-7H,1-3H3;. The molecule has 7 heteroatoms. The average Bonchev–Trinajstić information content (AvgIpc) is 2.49. The minimum atomic E-state index is -2.37. The van der Waals surface area contributed by atoms with E-state index in [0.29, 0.717) is 0 Å². The first-order valence-corrected chi connectivity index (χ1v) is 7.47. The molecule has 0 aliphatic heterocycles. The van der Waals surface area contributed by atoms with Crippen molar-refractivity contribution in [1.29, 1.82) is 0 Å². The van der Waals surface area contributed by atoms with Gasteiger partial charge in [-0.25, -0.2) is 26.3 Å². The molecule has 0 saturated carbocycles. The molecular formula is C16H13F6I. The average molecular weight is 446 g/mol. The van der Waals surface area contributed by atoms with Crippen LogP contribution in [0.3, 0.4) is 0 Å². The van der Waals surface area contributed by atoms with Gasteiger partial charge in [0.1, 0.15) is 0 Å². The summed E-state index contributed by atoms with van der Waals surface area (Å²) in [6, 6.07) is 8.70. The zero-order valence-corrected chi connectivity index (χ0v) is 14.6. The molecule has 0 heterocycles. The van der Waals surface area contributed by atoms with Crippen LogP contribution in [0.5, 0.6) is 0 Å². The normalized spacial score (nSPS) is 11.0. The van der Waals surface area contributed by atoms with Gasteiger partial charge in [-0.05, 0) is 45.7 Å². The van der Waals surface area contributed by atoms with Gasteiger partial charge in [-0.1, -0.05) is 32.9 Å². The molecule has 0 aliphatic rings. The van der Waals surface area contributed by atoms with Gasteiger partial charge in [-0.15, -0.1) is 0 Å². The van der Waals surface area contributed by atoms with Crippen molar-refractivity contribution in [2.24, 2.45) is 0 Å². The maximum absolute atomic E-state index is 12.0. The molecule has 0 aromatic heterocycles. The van der Waals surface area contributed by atoms with Crippen molar-refractivity contribution < 1.29 is 26.3 Å². The largest absolute Gasteiger partial charge is 0.200 e. The maximum Gasteiger partial charge on any atom is 0.200 e. The van der Waals surface area contributed by atoms with Crippen LogP contribution in [0.1, 0.15) is 26.3 Å². The Balaban J connectivity index is 0.000000231. The smallest absolute Gasteiger partial charge is 0.200 e. The van der Waals surface area contributed by atoms with Crippen LogP contribution in [0.15, 0.2) is 24.3 Å². The lowest BCUT2D eigenvalue weighted by molar-refractivity contribution is 0.334. The topological polar surface area (TPSA) is 0 Å². The molecule has 0 nitrogen and oxygen atoms in total. The molecule has 0 bridgehead atoms. The third kappa shape index (κ3) is 4.86. The summed E-state index contributed by atoms with van der Waals surface area (Å²) >= 11 is 2.32. The summed E-state index contributed by atoms with van der Waals surface area (Å²) in [6.07, 6.45) is 0. The van der Waals surface area contributed by atoms with Crippen molar-refractivity contribution in [3.05, 3.63) is 68.3 Å². The molecule has 0 saturated heterocycles. The second-order valence-corrected chi connectivity index (χ2v) is 6.89. The Labute approximate surface area is 143 Å². The van der Waals surface area contributed by atoms with Crippen LogP contribution in [-0.4, -0.2) is 0 Å². The molecule has 23 heavy (non-hydrogen) atoms. The fraction of sp³-hybridized carbons (Fsp3) is 0.250. The lowest BCUT2D eigenvalue weighted by Crippen LogP contribution is -2.10. The number of benzene rings is 2. The molecule has 0 radical (unpaired) electrons. The minimum Gasteiger partial charge on any atom is -0.200 e. The Hall–Kier alpha value is -1.25. The number of hydrogen-bond acceptors (Lipinski definition) is 0. The van der Waals surface area contributed by atoms with Gasteiger partial charge in [-0.2, -0.15) is 0 Å². The highest BCUT2D eigenvalue weighted by Gasteiger charge is 2.25. The van der Waals surface area contributed by atoms with Crippen LogP contribution in [0.25, 0.3) is 0 Å². The fourth-order valence-electron chi connectivity index (χ4n) is 1.53. The molecule has 0 fully saturated rings. The van der Waals surface area contributed by atoms with E-state index in [9.17, 15) is 26.3 Å². The third-order valence-corrected chi connectivity index (χ3v) is 3.59. The minimum absolute atomic E-state index is 0.282. The van der Waals surface area contributed by atoms with E-state index < -0.39 is 34.9 Å². The predicted octanol–water partition coefficient (Wildman–Crippen LogP) is 6.11. The summed E-state index contributed by atoms with van der Waals surface area (Å²) in [7, 11) is 0. The Morgan fingerprint density at radius 2 is 0.870 bits per heavy atom. The monoisotopic (exact) mass is 446 g/mol. The second-order valence-electron chi connectivity index (χ2n) is 5.64. The van der Waals surface area contributed by atoms with Crippen molar-refractivity contribution in [1.82, 2.24) is 0 Å². The van der Waals surface area contributed by atoms with Crippen LogP contribution in [-0.2, 0) is 5.41 Å². The predicted molar refractivity (Wildman–Crippen MR) is 84.0 cm³/mol.